The highest BCUT2D eigenvalue weighted by Gasteiger charge is 2.35. The van der Waals surface area contributed by atoms with Gasteiger partial charge in [-0.05, 0) is 19.4 Å². The van der Waals surface area contributed by atoms with Gasteiger partial charge in [-0.15, -0.1) is 0 Å². The summed E-state index contributed by atoms with van der Waals surface area (Å²) in [5.41, 5.74) is 1.73. The Labute approximate surface area is 130 Å². The Kier molecular flexibility index (Phi) is 6.43. The van der Waals surface area contributed by atoms with Crippen LogP contribution in [0.2, 0.25) is 0 Å². The minimum absolute atomic E-state index is 0.137. The molecule has 0 unspecified atom stereocenters. The first kappa shape index (κ1) is 17.2. The van der Waals surface area contributed by atoms with E-state index in [1.807, 2.05) is 37.3 Å². The number of thioether (sulfide) groups is 1. The van der Waals surface area contributed by atoms with Gasteiger partial charge in [0.1, 0.15) is 11.4 Å². The van der Waals surface area contributed by atoms with Crippen molar-refractivity contribution in [3.8, 4) is 0 Å². The minimum Gasteiger partial charge on any atom is -0.460 e. The monoisotopic (exact) mass is 304 g/mol. The number of carbonyl (C=O) groups is 2. The van der Waals surface area contributed by atoms with E-state index < -0.39 is 10.7 Å². The predicted molar refractivity (Wildman–Crippen MR) is 86.9 cm³/mol. The van der Waals surface area contributed by atoms with Crippen LogP contribution in [0.1, 0.15) is 26.3 Å². The van der Waals surface area contributed by atoms with E-state index in [4.69, 9.17) is 4.74 Å². The number of rotatable bonds is 6. The average molecular weight is 304 g/mol. The maximum atomic E-state index is 12.4. The van der Waals surface area contributed by atoms with E-state index in [1.54, 1.807) is 19.1 Å². The molecule has 0 aromatic heterocycles. The second-order valence-corrected chi connectivity index (χ2v) is 6.48. The van der Waals surface area contributed by atoms with Gasteiger partial charge in [0.05, 0.1) is 0 Å². The van der Waals surface area contributed by atoms with Crippen LogP contribution in [-0.2, 0) is 20.9 Å². The van der Waals surface area contributed by atoms with Gasteiger partial charge < -0.3 is 4.74 Å². The average Bonchev–Trinajstić information content (AvgIpc) is 2.44. The van der Waals surface area contributed by atoms with Gasteiger partial charge in [0.25, 0.3) is 0 Å². The fourth-order valence-corrected chi connectivity index (χ4v) is 2.77. The molecule has 0 saturated heterocycles. The predicted octanol–water partition coefficient (Wildman–Crippen LogP) is 3.90. The zero-order valence-electron chi connectivity index (χ0n) is 12.6. The molecule has 0 aliphatic heterocycles. The van der Waals surface area contributed by atoms with Crippen molar-refractivity contribution in [2.24, 2.45) is 0 Å². The number of benzene rings is 1. The smallest absolute Gasteiger partial charge is 0.326 e. The summed E-state index contributed by atoms with van der Waals surface area (Å²) in [6.45, 7) is 8.80. The lowest BCUT2D eigenvalue weighted by atomic mass is 10.1. The van der Waals surface area contributed by atoms with Crippen LogP contribution in [0.15, 0.2) is 54.6 Å². The van der Waals surface area contributed by atoms with Crippen LogP contribution in [0.4, 0.5) is 0 Å². The van der Waals surface area contributed by atoms with Crippen LogP contribution < -0.4 is 0 Å². The van der Waals surface area contributed by atoms with Crippen LogP contribution in [0.5, 0.6) is 0 Å². The van der Waals surface area contributed by atoms with Crippen LogP contribution in [0, 0.1) is 0 Å². The quantitative estimate of drug-likeness (QED) is 0.590. The zero-order chi connectivity index (χ0) is 15.9. The van der Waals surface area contributed by atoms with Crippen molar-refractivity contribution in [2.45, 2.75) is 32.1 Å². The Morgan fingerprint density at radius 2 is 1.90 bits per heavy atom. The summed E-state index contributed by atoms with van der Waals surface area (Å²) in [5, 5.41) is -0.137. The molecule has 0 aliphatic carbocycles. The lowest BCUT2D eigenvalue weighted by Crippen LogP contribution is -2.33. The van der Waals surface area contributed by atoms with Gasteiger partial charge >= 0.3 is 5.97 Å². The third-order valence-corrected chi connectivity index (χ3v) is 3.79. The normalized spacial score (nSPS) is 14.1. The van der Waals surface area contributed by atoms with Gasteiger partial charge in [0.2, 0.25) is 0 Å². The molecule has 112 valence electrons. The standard InChI is InChI=1S/C17H20O3S/c1-5-13(2)11-17(4,21-14(3)18)16(19)20-12-15-9-7-6-8-10-15/h5-11H,1,12H2,2-4H3/b13-11+/t17-/m1/s1. The Hall–Kier alpha value is -1.81. The second kappa shape index (κ2) is 7.84. The maximum Gasteiger partial charge on any atom is 0.326 e. The molecule has 0 spiro atoms. The first-order valence-corrected chi connectivity index (χ1v) is 7.41. The number of ether oxygens (including phenoxy) is 1. The largest absolute Gasteiger partial charge is 0.460 e. The molecule has 0 aliphatic rings. The van der Waals surface area contributed by atoms with E-state index in [-0.39, 0.29) is 11.7 Å². The Bertz CT molecular complexity index is 548. The molecule has 0 heterocycles. The first-order valence-electron chi connectivity index (χ1n) is 6.60. The van der Waals surface area contributed by atoms with E-state index in [1.165, 1.54) is 6.92 Å². The van der Waals surface area contributed by atoms with Crippen molar-refractivity contribution in [1.82, 2.24) is 0 Å². The van der Waals surface area contributed by atoms with E-state index in [9.17, 15) is 9.59 Å². The van der Waals surface area contributed by atoms with Crippen molar-refractivity contribution in [2.75, 3.05) is 0 Å². The molecular weight excluding hydrogens is 284 g/mol. The van der Waals surface area contributed by atoms with Crippen molar-refractivity contribution in [3.05, 3.63) is 60.2 Å². The van der Waals surface area contributed by atoms with Crippen LogP contribution in [0.25, 0.3) is 0 Å². The number of allylic oxidation sites excluding steroid dienone is 2. The zero-order valence-corrected chi connectivity index (χ0v) is 13.4. The van der Waals surface area contributed by atoms with Crippen LogP contribution in [-0.4, -0.2) is 15.8 Å². The summed E-state index contributed by atoms with van der Waals surface area (Å²) in [4.78, 5) is 23.8. The third-order valence-electron chi connectivity index (χ3n) is 2.80. The van der Waals surface area contributed by atoms with E-state index >= 15 is 0 Å². The van der Waals surface area contributed by atoms with Gasteiger partial charge in [-0.2, -0.15) is 0 Å². The van der Waals surface area contributed by atoms with E-state index in [2.05, 4.69) is 6.58 Å². The third kappa shape index (κ3) is 5.60. The number of carbonyl (C=O) groups excluding carboxylic acids is 2. The molecule has 0 N–H and O–H groups in total. The molecule has 3 nitrogen and oxygen atoms in total. The summed E-state index contributed by atoms with van der Waals surface area (Å²) < 4.78 is 4.31. The Morgan fingerprint density at radius 3 is 2.43 bits per heavy atom. The van der Waals surface area contributed by atoms with Gasteiger partial charge in [0, 0.05) is 6.92 Å². The van der Waals surface area contributed by atoms with Gasteiger partial charge in [-0.25, -0.2) is 0 Å². The van der Waals surface area contributed by atoms with Crippen LogP contribution >= 0.6 is 11.8 Å². The number of esters is 1. The summed E-state index contributed by atoms with van der Waals surface area (Å²) in [6, 6.07) is 9.43. The fraction of sp³-hybridized carbons (Fsp3) is 0.294. The second-order valence-electron chi connectivity index (χ2n) is 4.85. The molecule has 0 saturated carbocycles. The lowest BCUT2D eigenvalue weighted by molar-refractivity contribution is -0.146. The molecule has 0 amide bonds. The Morgan fingerprint density at radius 1 is 1.29 bits per heavy atom. The van der Waals surface area contributed by atoms with Crippen molar-refractivity contribution < 1.29 is 14.3 Å². The Balaban J connectivity index is 2.85. The number of hydrogen-bond donors (Lipinski definition) is 0. The van der Waals surface area contributed by atoms with Crippen molar-refractivity contribution >= 4 is 22.8 Å². The summed E-state index contributed by atoms with van der Waals surface area (Å²) in [7, 11) is 0. The SMILES string of the molecule is C=C/C(C)=C/[C@@](C)(SC(C)=O)C(=O)OCc1ccccc1. The molecule has 1 atom stereocenters. The highest BCUT2D eigenvalue weighted by atomic mass is 32.2. The van der Waals surface area contributed by atoms with Crippen LogP contribution in [0.3, 0.4) is 0 Å². The molecule has 4 heteroatoms. The molecule has 1 aromatic carbocycles. The lowest BCUT2D eigenvalue weighted by Gasteiger charge is -2.22. The topological polar surface area (TPSA) is 43.4 Å². The number of hydrogen-bond acceptors (Lipinski definition) is 4. The van der Waals surface area contributed by atoms with Crippen molar-refractivity contribution in [1.29, 1.82) is 0 Å². The molecule has 1 rings (SSSR count). The van der Waals surface area contributed by atoms with Gasteiger partial charge in [0.15, 0.2) is 5.12 Å². The highest BCUT2D eigenvalue weighted by molar-refractivity contribution is 8.15. The molecule has 0 bridgehead atoms. The molecule has 0 radical (unpaired) electrons. The molecule has 0 fully saturated rings. The fourth-order valence-electron chi connectivity index (χ4n) is 1.79. The summed E-state index contributed by atoms with van der Waals surface area (Å²) in [5.74, 6) is -0.437. The van der Waals surface area contributed by atoms with Gasteiger partial charge in [-0.3, -0.25) is 9.59 Å². The minimum atomic E-state index is -1.04. The molecule has 1 aromatic rings. The van der Waals surface area contributed by atoms with Gasteiger partial charge in [-0.1, -0.05) is 66.4 Å². The summed E-state index contributed by atoms with van der Waals surface area (Å²) >= 11 is 0.951. The highest BCUT2D eigenvalue weighted by Crippen LogP contribution is 2.30. The molecular formula is C17H20O3S. The first-order chi connectivity index (χ1) is 9.87. The van der Waals surface area contributed by atoms with E-state index in [0.29, 0.717) is 0 Å². The maximum absolute atomic E-state index is 12.4. The molecule has 21 heavy (non-hydrogen) atoms. The van der Waals surface area contributed by atoms with Crippen molar-refractivity contribution in [3.63, 3.8) is 0 Å². The van der Waals surface area contributed by atoms with E-state index in [0.717, 1.165) is 22.9 Å². The summed E-state index contributed by atoms with van der Waals surface area (Å²) in [6.07, 6.45) is 3.35.